The predicted octanol–water partition coefficient (Wildman–Crippen LogP) is 4.24. The van der Waals surface area contributed by atoms with Gasteiger partial charge in [-0.3, -0.25) is 20.1 Å². The summed E-state index contributed by atoms with van der Waals surface area (Å²) in [5, 5.41) is 19.3. The molecule has 5 rings (SSSR count). The van der Waals surface area contributed by atoms with E-state index in [4.69, 9.17) is 0 Å². The number of benzene rings is 1. The van der Waals surface area contributed by atoms with Gasteiger partial charge in [0.05, 0.1) is 10.4 Å². The average Bonchev–Trinajstić information content (AvgIpc) is 3.24. The molecule has 0 bridgehead atoms. The number of piperazine rings is 1. The van der Waals surface area contributed by atoms with Crippen LogP contribution in [-0.4, -0.2) is 57.7 Å². The lowest BCUT2D eigenvalue weighted by Gasteiger charge is -2.37. The Morgan fingerprint density at radius 1 is 1.06 bits per heavy atom. The molecule has 1 aliphatic heterocycles. The minimum atomic E-state index is -0.374. The zero-order valence-corrected chi connectivity index (χ0v) is 17.7. The molecule has 0 atom stereocenters. The molecule has 1 aromatic carbocycles. The number of aromatic nitrogens is 3. The van der Waals surface area contributed by atoms with Crippen molar-refractivity contribution in [3.63, 3.8) is 0 Å². The maximum absolute atomic E-state index is 11.2. The summed E-state index contributed by atoms with van der Waals surface area (Å²) < 4.78 is 0. The number of nitro benzene ring substituents is 1. The molecule has 1 saturated carbocycles. The summed E-state index contributed by atoms with van der Waals surface area (Å²) in [6.45, 7) is 5.31. The second-order valence-electron chi connectivity index (χ2n) is 8.75. The van der Waals surface area contributed by atoms with Crippen molar-refractivity contribution in [1.29, 1.82) is 0 Å². The number of anilines is 1. The SMILES string of the molecule is O=[N+]([O-])c1ccc2[nH]nc(-c3ccnc(N4CCN(CC5CCCCC5)CC4)c3)c2c1. The smallest absolute Gasteiger partial charge is 0.270 e. The van der Waals surface area contributed by atoms with Crippen LogP contribution >= 0.6 is 0 Å². The number of pyridine rings is 1. The van der Waals surface area contributed by atoms with Gasteiger partial charge in [0.15, 0.2) is 0 Å². The second-order valence-corrected chi connectivity index (χ2v) is 8.75. The van der Waals surface area contributed by atoms with Crippen LogP contribution in [0.4, 0.5) is 11.5 Å². The molecule has 0 spiro atoms. The first-order chi connectivity index (χ1) is 15.2. The van der Waals surface area contributed by atoms with E-state index < -0.39 is 0 Å². The molecule has 1 aliphatic carbocycles. The van der Waals surface area contributed by atoms with E-state index in [1.54, 1.807) is 18.3 Å². The molecule has 3 heterocycles. The van der Waals surface area contributed by atoms with Crippen molar-refractivity contribution in [2.45, 2.75) is 32.1 Å². The summed E-state index contributed by atoms with van der Waals surface area (Å²) in [5.74, 6) is 1.81. The third kappa shape index (κ3) is 4.25. The van der Waals surface area contributed by atoms with E-state index in [9.17, 15) is 10.1 Å². The van der Waals surface area contributed by atoms with Crippen molar-refractivity contribution in [1.82, 2.24) is 20.1 Å². The summed E-state index contributed by atoms with van der Waals surface area (Å²) >= 11 is 0. The lowest BCUT2D eigenvalue weighted by molar-refractivity contribution is -0.384. The summed E-state index contributed by atoms with van der Waals surface area (Å²) in [5.41, 5.74) is 2.49. The molecular formula is C23H28N6O2. The average molecular weight is 421 g/mol. The molecule has 2 aliphatic rings. The van der Waals surface area contributed by atoms with E-state index in [1.807, 2.05) is 12.1 Å². The van der Waals surface area contributed by atoms with Gasteiger partial charge >= 0.3 is 0 Å². The number of non-ortho nitro benzene ring substituents is 1. The predicted molar refractivity (Wildman–Crippen MR) is 121 cm³/mol. The van der Waals surface area contributed by atoms with Gasteiger partial charge in [0.1, 0.15) is 11.5 Å². The van der Waals surface area contributed by atoms with Gasteiger partial charge in [-0.1, -0.05) is 19.3 Å². The van der Waals surface area contributed by atoms with Gasteiger partial charge in [0.2, 0.25) is 0 Å². The molecule has 1 saturated heterocycles. The molecule has 162 valence electrons. The fourth-order valence-corrected chi connectivity index (χ4v) is 4.97. The molecular weight excluding hydrogens is 392 g/mol. The number of hydrogen-bond acceptors (Lipinski definition) is 6. The summed E-state index contributed by atoms with van der Waals surface area (Å²) in [6.07, 6.45) is 8.78. The first-order valence-electron chi connectivity index (χ1n) is 11.2. The Kier molecular flexibility index (Phi) is 5.55. The molecule has 1 N–H and O–H groups in total. The Bertz CT molecular complexity index is 1070. The third-order valence-electron chi connectivity index (χ3n) is 6.71. The highest BCUT2D eigenvalue weighted by Gasteiger charge is 2.22. The first kappa shape index (κ1) is 19.9. The molecule has 0 unspecified atom stereocenters. The molecule has 8 heteroatoms. The molecule has 3 aromatic rings. The van der Waals surface area contributed by atoms with Gasteiger partial charge in [-0.15, -0.1) is 0 Å². The van der Waals surface area contributed by atoms with Gasteiger partial charge in [-0.25, -0.2) is 4.98 Å². The first-order valence-corrected chi connectivity index (χ1v) is 11.2. The Hall–Kier alpha value is -3.00. The number of rotatable bonds is 5. The Morgan fingerprint density at radius 2 is 1.87 bits per heavy atom. The number of H-pyrrole nitrogens is 1. The van der Waals surface area contributed by atoms with Crippen LogP contribution in [0.15, 0.2) is 36.5 Å². The Labute approximate surface area is 181 Å². The minimum absolute atomic E-state index is 0.0681. The maximum atomic E-state index is 11.2. The van der Waals surface area contributed by atoms with Crippen LogP contribution in [-0.2, 0) is 0 Å². The fourth-order valence-electron chi connectivity index (χ4n) is 4.97. The van der Waals surface area contributed by atoms with E-state index in [0.717, 1.165) is 60.1 Å². The zero-order valence-electron chi connectivity index (χ0n) is 17.7. The standard InChI is InChI=1S/C23H28N6O2/c30-29(31)19-6-7-21-20(15-19)23(26-25-21)18-8-9-24-22(14-18)28-12-10-27(11-13-28)16-17-4-2-1-3-5-17/h6-9,14-15,17H,1-5,10-13,16H2,(H,25,26). The normalized spacial score (nSPS) is 18.5. The largest absolute Gasteiger partial charge is 0.354 e. The van der Waals surface area contributed by atoms with E-state index in [-0.39, 0.29) is 10.6 Å². The summed E-state index contributed by atoms with van der Waals surface area (Å²) in [6, 6.07) is 8.74. The highest BCUT2D eigenvalue weighted by atomic mass is 16.6. The summed E-state index contributed by atoms with van der Waals surface area (Å²) in [7, 11) is 0. The molecule has 8 nitrogen and oxygen atoms in total. The number of nitro groups is 1. The minimum Gasteiger partial charge on any atom is -0.354 e. The van der Waals surface area contributed by atoms with Crippen LogP contribution in [0.25, 0.3) is 22.2 Å². The van der Waals surface area contributed by atoms with Crippen LogP contribution < -0.4 is 4.90 Å². The molecule has 2 aromatic heterocycles. The van der Waals surface area contributed by atoms with Crippen molar-refractivity contribution >= 4 is 22.4 Å². The van der Waals surface area contributed by atoms with Crippen LogP contribution in [0, 0.1) is 16.0 Å². The zero-order chi connectivity index (χ0) is 21.2. The van der Waals surface area contributed by atoms with Crippen LogP contribution in [0.5, 0.6) is 0 Å². The highest BCUT2D eigenvalue weighted by Crippen LogP contribution is 2.31. The van der Waals surface area contributed by atoms with Crippen molar-refractivity contribution in [3.8, 4) is 11.3 Å². The fraction of sp³-hybridized carbons (Fsp3) is 0.478. The quantitative estimate of drug-likeness (QED) is 0.490. The van der Waals surface area contributed by atoms with Crippen molar-refractivity contribution < 1.29 is 4.92 Å². The number of nitrogens with zero attached hydrogens (tertiary/aromatic N) is 5. The van der Waals surface area contributed by atoms with Gasteiger partial charge in [0, 0.05) is 62.0 Å². The molecule has 2 fully saturated rings. The number of hydrogen-bond donors (Lipinski definition) is 1. The van der Waals surface area contributed by atoms with Crippen LogP contribution in [0.2, 0.25) is 0 Å². The maximum Gasteiger partial charge on any atom is 0.270 e. The summed E-state index contributed by atoms with van der Waals surface area (Å²) in [4.78, 5) is 20.3. The van der Waals surface area contributed by atoms with E-state index in [0.29, 0.717) is 0 Å². The van der Waals surface area contributed by atoms with E-state index in [1.165, 1.54) is 44.7 Å². The van der Waals surface area contributed by atoms with Crippen LogP contribution in [0.3, 0.4) is 0 Å². The van der Waals surface area contributed by atoms with Gasteiger partial charge in [-0.05, 0) is 37.0 Å². The lowest BCUT2D eigenvalue weighted by Crippen LogP contribution is -2.48. The topological polar surface area (TPSA) is 91.2 Å². The van der Waals surface area contributed by atoms with Gasteiger partial charge < -0.3 is 4.90 Å². The number of fused-ring (bicyclic) bond motifs is 1. The number of nitrogens with one attached hydrogen (secondary N) is 1. The van der Waals surface area contributed by atoms with Crippen molar-refractivity contribution in [3.05, 3.63) is 46.6 Å². The Morgan fingerprint density at radius 3 is 2.65 bits per heavy atom. The molecule has 0 radical (unpaired) electrons. The van der Waals surface area contributed by atoms with E-state index in [2.05, 4.69) is 25.0 Å². The monoisotopic (exact) mass is 420 g/mol. The lowest BCUT2D eigenvalue weighted by atomic mass is 9.89. The number of aromatic amines is 1. The van der Waals surface area contributed by atoms with Gasteiger partial charge in [-0.2, -0.15) is 5.10 Å². The van der Waals surface area contributed by atoms with Crippen molar-refractivity contribution in [2.75, 3.05) is 37.6 Å². The van der Waals surface area contributed by atoms with Gasteiger partial charge in [0.25, 0.3) is 5.69 Å². The van der Waals surface area contributed by atoms with Crippen molar-refractivity contribution in [2.24, 2.45) is 5.92 Å². The van der Waals surface area contributed by atoms with Crippen LogP contribution in [0.1, 0.15) is 32.1 Å². The highest BCUT2D eigenvalue weighted by molar-refractivity contribution is 5.94. The third-order valence-corrected chi connectivity index (χ3v) is 6.71. The molecule has 31 heavy (non-hydrogen) atoms. The van der Waals surface area contributed by atoms with E-state index >= 15 is 0 Å². The molecule has 0 amide bonds. The second kappa shape index (κ2) is 8.63. The Balaban J connectivity index is 1.30.